The van der Waals surface area contributed by atoms with E-state index in [0.29, 0.717) is 37.1 Å². The van der Waals surface area contributed by atoms with E-state index >= 15 is 0 Å². The van der Waals surface area contributed by atoms with Crippen LogP contribution in [-0.4, -0.2) is 32.8 Å². The Balaban J connectivity index is 1.26. The fourth-order valence-electron chi connectivity index (χ4n) is 4.17. The average molecular weight is 393 g/mol. The minimum Gasteiger partial charge on any atom is -0.299 e. The van der Waals surface area contributed by atoms with Crippen LogP contribution in [0.2, 0.25) is 0 Å². The van der Waals surface area contributed by atoms with Crippen LogP contribution in [0.3, 0.4) is 0 Å². The van der Waals surface area contributed by atoms with Crippen LogP contribution in [0.25, 0.3) is 10.2 Å². The molecule has 2 amide bonds. The molecule has 1 aromatic carbocycles. The molecular weight excluding hydrogens is 374 g/mol. The maximum atomic E-state index is 12.9. The molecule has 1 aliphatic heterocycles. The largest absolute Gasteiger partial charge is 0.299 e. The van der Waals surface area contributed by atoms with Gasteiger partial charge in [0.05, 0.1) is 22.8 Å². The highest BCUT2D eigenvalue weighted by Gasteiger charge is 2.34. The molecule has 3 aromatic rings. The van der Waals surface area contributed by atoms with E-state index in [1.54, 1.807) is 46.5 Å². The first kappa shape index (κ1) is 17.3. The third-order valence-corrected chi connectivity index (χ3v) is 6.80. The molecule has 0 unspecified atom stereocenters. The molecule has 0 radical (unpaired) electrons. The smallest absolute Gasteiger partial charge is 0.262 e. The number of rotatable bonds is 5. The van der Waals surface area contributed by atoms with Crippen molar-refractivity contribution in [2.45, 2.75) is 38.6 Å². The third-order valence-electron chi connectivity index (χ3n) is 5.60. The van der Waals surface area contributed by atoms with E-state index in [0.717, 1.165) is 29.5 Å². The Kier molecular flexibility index (Phi) is 4.12. The second-order valence-electron chi connectivity index (χ2n) is 7.30. The molecule has 2 aromatic heterocycles. The van der Waals surface area contributed by atoms with Gasteiger partial charge in [0.15, 0.2) is 0 Å². The number of imide groups is 1. The van der Waals surface area contributed by atoms with E-state index in [1.807, 2.05) is 0 Å². The normalized spacial score (nSPS) is 15.5. The number of aryl methyl sites for hydroxylation is 3. The minimum atomic E-state index is -0.227. The van der Waals surface area contributed by atoms with Gasteiger partial charge in [0.1, 0.15) is 4.83 Å². The molecule has 0 N–H and O–H groups in total. The van der Waals surface area contributed by atoms with Gasteiger partial charge in [-0.1, -0.05) is 12.1 Å². The van der Waals surface area contributed by atoms with E-state index in [-0.39, 0.29) is 17.4 Å². The van der Waals surface area contributed by atoms with Crippen molar-refractivity contribution in [3.63, 3.8) is 0 Å². The lowest BCUT2D eigenvalue weighted by Gasteiger charge is -2.13. The molecule has 0 bridgehead atoms. The number of aromatic nitrogens is 2. The Hall–Kier alpha value is -2.80. The molecule has 6 nitrogen and oxygen atoms in total. The van der Waals surface area contributed by atoms with Gasteiger partial charge in [0.2, 0.25) is 0 Å². The minimum absolute atomic E-state index is 0.0325. The maximum absolute atomic E-state index is 12.9. The molecule has 1 aliphatic carbocycles. The Morgan fingerprint density at radius 1 is 0.964 bits per heavy atom. The highest BCUT2D eigenvalue weighted by atomic mass is 32.1. The monoisotopic (exact) mass is 393 g/mol. The maximum Gasteiger partial charge on any atom is 0.262 e. The van der Waals surface area contributed by atoms with Gasteiger partial charge in [0.25, 0.3) is 17.4 Å². The van der Waals surface area contributed by atoms with Gasteiger partial charge in [0, 0.05) is 18.0 Å². The van der Waals surface area contributed by atoms with Crippen LogP contribution in [0, 0.1) is 0 Å². The standard InChI is InChI=1S/C21H19N3O3S/c25-19-13-6-1-2-7-14(13)20(26)24(19)11-4-3-10-23-12-22-18-17(21(23)27)15-8-5-9-16(15)28-18/h1-2,6-7,12H,3-5,8-11H2. The van der Waals surface area contributed by atoms with E-state index < -0.39 is 0 Å². The zero-order chi connectivity index (χ0) is 19.3. The molecule has 2 aliphatic rings. The number of fused-ring (bicyclic) bond motifs is 4. The number of hydrogen-bond acceptors (Lipinski definition) is 5. The van der Waals surface area contributed by atoms with Crippen molar-refractivity contribution in [3.05, 3.63) is 62.5 Å². The summed E-state index contributed by atoms with van der Waals surface area (Å²) >= 11 is 1.64. The molecule has 0 fully saturated rings. The molecule has 28 heavy (non-hydrogen) atoms. The van der Waals surface area contributed by atoms with E-state index in [9.17, 15) is 14.4 Å². The van der Waals surface area contributed by atoms with Gasteiger partial charge in [-0.3, -0.25) is 23.9 Å². The molecule has 0 saturated carbocycles. The number of hydrogen-bond donors (Lipinski definition) is 0. The molecule has 3 heterocycles. The number of carbonyl (C=O) groups excluding carboxylic acids is 2. The van der Waals surface area contributed by atoms with Crippen LogP contribution in [0.4, 0.5) is 0 Å². The molecule has 5 rings (SSSR count). The first-order valence-electron chi connectivity index (χ1n) is 9.60. The number of thiophene rings is 1. The van der Waals surface area contributed by atoms with Crippen molar-refractivity contribution in [2.75, 3.05) is 6.54 Å². The third kappa shape index (κ3) is 2.61. The Labute approximate surface area is 165 Å². The molecule has 0 atom stereocenters. The molecule has 0 saturated heterocycles. The second kappa shape index (κ2) is 6.67. The summed E-state index contributed by atoms with van der Waals surface area (Å²) in [7, 11) is 0. The van der Waals surface area contributed by atoms with Gasteiger partial charge in [-0.25, -0.2) is 4.98 Å². The topological polar surface area (TPSA) is 72.3 Å². The summed E-state index contributed by atoms with van der Waals surface area (Å²) in [6.45, 7) is 0.903. The van der Waals surface area contributed by atoms with Gasteiger partial charge >= 0.3 is 0 Å². The van der Waals surface area contributed by atoms with Crippen molar-refractivity contribution < 1.29 is 9.59 Å². The first-order chi connectivity index (χ1) is 13.6. The van der Waals surface area contributed by atoms with Gasteiger partial charge < -0.3 is 0 Å². The highest BCUT2D eigenvalue weighted by Crippen LogP contribution is 2.34. The van der Waals surface area contributed by atoms with E-state index in [1.165, 1.54) is 15.3 Å². The van der Waals surface area contributed by atoms with Crippen LogP contribution in [0.15, 0.2) is 35.4 Å². The van der Waals surface area contributed by atoms with Crippen molar-refractivity contribution in [1.29, 1.82) is 0 Å². The van der Waals surface area contributed by atoms with Crippen molar-refractivity contribution in [2.24, 2.45) is 0 Å². The second-order valence-corrected chi connectivity index (χ2v) is 8.38. The van der Waals surface area contributed by atoms with Crippen LogP contribution in [0.1, 0.15) is 50.4 Å². The Bertz CT molecular complexity index is 1140. The van der Waals surface area contributed by atoms with Crippen molar-refractivity contribution in [1.82, 2.24) is 14.5 Å². The van der Waals surface area contributed by atoms with Crippen LogP contribution in [0.5, 0.6) is 0 Å². The molecular formula is C21H19N3O3S. The van der Waals surface area contributed by atoms with Crippen LogP contribution < -0.4 is 5.56 Å². The molecule has 142 valence electrons. The summed E-state index contributed by atoms with van der Waals surface area (Å²) in [4.78, 5) is 45.6. The Morgan fingerprint density at radius 3 is 2.43 bits per heavy atom. The summed E-state index contributed by atoms with van der Waals surface area (Å²) < 4.78 is 1.66. The van der Waals surface area contributed by atoms with Gasteiger partial charge in [-0.2, -0.15) is 0 Å². The van der Waals surface area contributed by atoms with E-state index in [4.69, 9.17) is 0 Å². The molecule has 7 heteroatoms. The number of nitrogens with zero attached hydrogens (tertiary/aromatic N) is 3. The average Bonchev–Trinajstić information content (AvgIpc) is 3.35. The van der Waals surface area contributed by atoms with E-state index in [2.05, 4.69) is 4.98 Å². The summed E-state index contributed by atoms with van der Waals surface area (Å²) in [6, 6.07) is 6.92. The lowest BCUT2D eigenvalue weighted by Crippen LogP contribution is -2.31. The fraction of sp³-hybridized carbons (Fsp3) is 0.333. The van der Waals surface area contributed by atoms with Gasteiger partial charge in [-0.05, 0) is 49.8 Å². The number of amides is 2. The van der Waals surface area contributed by atoms with Crippen LogP contribution >= 0.6 is 11.3 Å². The summed E-state index contributed by atoms with van der Waals surface area (Å²) in [5, 5.41) is 0.792. The van der Waals surface area contributed by atoms with Crippen LogP contribution in [-0.2, 0) is 19.4 Å². The fourth-order valence-corrected chi connectivity index (χ4v) is 5.39. The highest BCUT2D eigenvalue weighted by molar-refractivity contribution is 7.18. The SMILES string of the molecule is O=C1c2ccccc2C(=O)N1CCCCn1cnc2sc3c(c2c1=O)CCC3. The lowest BCUT2D eigenvalue weighted by atomic mass is 10.1. The van der Waals surface area contributed by atoms with Crippen molar-refractivity contribution in [3.8, 4) is 0 Å². The quantitative estimate of drug-likeness (QED) is 0.493. The number of carbonyl (C=O) groups is 2. The zero-order valence-corrected chi connectivity index (χ0v) is 16.1. The summed E-state index contributed by atoms with van der Waals surface area (Å²) in [6.07, 6.45) is 6.11. The first-order valence-corrected chi connectivity index (χ1v) is 10.4. The lowest BCUT2D eigenvalue weighted by molar-refractivity contribution is 0.0651. The molecule has 0 spiro atoms. The number of unbranched alkanes of at least 4 members (excludes halogenated alkanes) is 1. The zero-order valence-electron chi connectivity index (χ0n) is 15.3. The summed E-state index contributed by atoms with van der Waals surface area (Å²) in [5.74, 6) is -0.454. The predicted molar refractivity (Wildman–Crippen MR) is 107 cm³/mol. The van der Waals surface area contributed by atoms with Gasteiger partial charge in [-0.15, -0.1) is 11.3 Å². The predicted octanol–water partition coefficient (Wildman–Crippen LogP) is 3.02. The Morgan fingerprint density at radius 2 is 1.68 bits per heavy atom. The number of benzene rings is 1. The van der Waals surface area contributed by atoms with Crippen molar-refractivity contribution >= 4 is 33.4 Å². The summed E-state index contributed by atoms with van der Waals surface area (Å²) in [5.41, 5.74) is 2.18.